The quantitative estimate of drug-likeness (QED) is 0.390. The number of benzene rings is 3. The Kier molecular flexibility index (Phi) is 7.26. The maximum Gasteiger partial charge on any atom is 0.269 e. The molecule has 3 aromatic rings. The zero-order chi connectivity index (χ0) is 27.6. The highest BCUT2D eigenvalue weighted by atomic mass is 16.2. The number of carbonyl (C=O) groups excluding carboxylic acids is 3. The molecule has 1 atom stereocenters. The maximum absolute atomic E-state index is 13.0. The lowest BCUT2D eigenvalue weighted by Crippen LogP contribution is -2.51. The van der Waals surface area contributed by atoms with Crippen LogP contribution in [0, 0.1) is 6.92 Å². The number of primary amides is 1. The van der Waals surface area contributed by atoms with Gasteiger partial charge in [0.25, 0.3) is 11.8 Å². The largest absolute Gasteiger partial charge is 0.366 e. The smallest absolute Gasteiger partial charge is 0.269 e. The zero-order valence-electron chi connectivity index (χ0n) is 22.3. The summed E-state index contributed by atoms with van der Waals surface area (Å²) < 4.78 is 0. The Labute approximate surface area is 222 Å². The Morgan fingerprint density at radius 2 is 1.58 bits per heavy atom. The highest BCUT2D eigenvalue weighted by Gasteiger charge is 2.28. The number of anilines is 2. The van der Waals surface area contributed by atoms with Crippen molar-refractivity contribution in [1.82, 2.24) is 10.2 Å². The molecule has 1 aliphatic heterocycles. The van der Waals surface area contributed by atoms with Crippen molar-refractivity contribution in [2.45, 2.75) is 39.3 Å². The molecule has 0 fully saturated rings. The number of nitrogens with two attached hydrogens (primary N) is 1. The van der Waals surface area contributed by atoms with E-state index in [1.807, 2.05) is 49.4 Å². The van der Waals surface area contributed by atoms with Gasteiger partial charge in [0.05, 0.1) is 5.70 Å². The monoisotopic (exact) mass is 511 g/mol. The van der Waals surface area contributed by atoms with E-state index in [4.69, 9.17) is 5.73 Å². The third-order valence-corrected chi connectivity index (χ3v) is 6.58. The maximum atomic E-state index is 13.0. The SMILES string of the molecule is Cc1c(NC(=O)c2ccc(C(C)(C)C)cc2)cccc1C1=CN(C)C(=O)C(Nc2ccc(C(N)=O)cc2)N1. The molecule has 3 aromatic carbocycles. The van der Waals surface area contributed by atoms with E-state index in [9.17, 15) is 14.4 Å². The van der Waals surface area contributed by atoms with Crippen molar-refractivity contribution in [3.63, 3.8) is 0 Å². The second-order valence-electron chi connectivity index (χ2n) is 10.4. The highest BCUT2D eigenvalue weighted by molar-refractivity contribution is 6.05. The average molecular weight is 512 g/mol. The standard InChI is InChI=1S/C30H33N5O3/c1-18-23(7-6-8-24(18)34-28(37)20-9-13-21(14-10-20)30(2,3)4)25-17-35(5)29(38)27(33-25)32-22-15-11-19(12-16-22)26(31)36/h6-17,27,32-33H,1-5H3,(H2,31,36)(H,34,37). The fourth-order valence-corrected chi connectivity index (χ4v) is 4.24. The summed E-state index contributed by atoms with van der Waals surface area (Å²) in [5, 5.41) is 9.45. The molecule has 0 spiro atoms. The molecule has 38 heavy (non-hydrogen) atoms. The first kappa shape index (κ1) is 26.5. The number of rotatable bonds is 6. The van der Waals surface area contributed by atoms with E-state index in [1.165, 1.54) is 4.90 Å². The molecule has 0 saturated carbocycles. The number of hydrogen-bond donors (Lipinski definition) is 4. The predicted molar refractivity (Wildman–Crippen MR) is 151 cm³/mol. The van der Waals surface area contributed by atoms with Gasteiger partial charge in [-0.3, -0.25) is 14.4 Å². The molecule has 1 aliphatic rings. The van der Waals surface area contributed by atoms with E-state index in [1.54, 1.807) is 37.5 Å². The molecule has 0 aliphatic carbocycles. The van der Waals surface area contributed by atoms with Gasteiger partial charge in [-0.05, 0) is 65.9 Å². The molecular formula is C30H33N5O3. The van der Waals surface area contributed by atoms with Gasteiger partial charge >= 0.3 is 0 Å². The topological polar surface area (TPSA) is 117 Å². The van der Waals surface area contributed by atoms with Crippen molar-refractivity contribution in [2.75, 3.05) is 17.7 Å². The molecular weight excluding hydrogens is 478 g/mol. The van der Waals surface area contributed by atoms with Crippen molar-refractivity contribution in [1.29, 1.82) is 0 Å². The molecule has 3 amide bonds. The summed E-state index contributed by atoms with van der Waals surface area (Å²) in [5.41, 5.74) is 11.2. The lowest BCUT2D eigenvalue weighted by atomic mass is 9.86. The minimum atomic E-state index is -0.738. The van der Waals surface area contributed by atoms with Crippen LogP contribution in [-0.4, -0.2) is 35.8 Å². The van der Waals surface area contributed by atoms with Gasteiger partial charge in [0.2, 0.25) is 5.91 Å². The van der Waals surface area contributed by atoms with E-state index < -0.39 is 12.1 Å². The van der Waals surface area contributed by atoms with Gasteiger partial charge in [0, 0.05) is 41.3 Å². The van der Waals surface area contributed by atoms with Crippen LogP contribution in [0.15, 0.2) is 72.9 Å². The first-order chi connectivity index (χ1) is 17.9. The molecule has 0 aromatic heterocycles. The first-order valence-corrected chi connectivity index (χ1v) is 12.4. The van der Waals surface area contributed by atoms with E-state index in [0.29, 0.717) is 22.5 Å². The summed E-state index contributed by atoms with van der Waals surface area (Å²) >= 11 is 0. The number of nitrogens with zero attached hydrogens (tertiary/aromatic N) is 1. The summed E-state index contributed by atoms with van der Waals surface area (Å²) in [6.45, 7) is 8.33. The lowest BCUT2D eigenvalue weighted by molar-refractivity contribution is -0.129. The number of nitrogens with one attached hydrogen (secondary N) is 3. The van der Waals surface area contributed by atoms with E-state index >= 15 is 0 Å². The molecule has 0 saturated heterocycles. The predicted octanol–water partition coefficient (Wildman–Crippen LogP) is 4.44. The van der Waals surface area contributed by atoms with Gasteiger partial charge in [0.15, 0.2) is 6.17 Å². The number of hydrogen-bond acceptors (Lipinski definition) is 5. The van der Waals surface area contributed by atoms with Crippen LogP contribution >= 0.6 is 0 Å². The Balaban J connectivity index is 1.53. The second-order valence-corrected chi connectivity index (χ2v) is 10.4. The van der Waals surface area contributed by atoms with E-state index in [-0.39, 0.29) is 17.2 Å². The van der Waals surface area contributed by atoms with Gasteiger partial charge in [0.1, 0.15) is 0 Å². The summed E-state index contributed by atoms with van der Waals surface area (Å²) in [5.74, 6) is -0.881. The number of carbonyl (C=O) groups is 3. The Morgan fingerprint density at radius 1 is 0.947 bits per heavy atom. The van der Waals surface area contributed by atoms with Crippen LogP contribution < -0.4 is 21.7 Å². The van der Waals surface area contributed by atoms with Gasteiger partial charge in [-0.25, -0.2) is 0 Å². The van der Waals surface area contributed by atoms with Crippen molar-refractivity contribution in [2.24, 2.45) is 5.73 Å². The van der Waals surface area contributed by atoms with Crippen molar-refractivity contribution >= 4 is 34.8 Å². The van der Waals surface area contributed by atoms with Crippen LogP contribution in [0.3, 0.4) is 0 Å². The minimum Gasteiger partial charge on any atom is -0.366 e. The number of likely N-dealkylation sites (N-methyl/N-ethyl adjacent to an activating group) is 1. The Bertz CT molecular complexity index is 1400. The average Bonchev–Trinajstić information content (AvgIpc) is 2.87. The van der Waals surface area contributed by atoms with Crippen LogP contribution in [0.1, 0.15) is 58.2 Å². The second kappa shape index (κ2) is 10.4. The highest BCUT2D eigenvalue weighted by Crippen LogP contribution is 2.28. The summed E-state index contributed by atoms with van der Waals surface area (Å²) in [7, 11) is 1.69. The molecule has 8 nitrogen and oxygen atoms in total. The van der Waals surface area contributed by atoms with Gasteiger partial charge in [-0.1, -0.05) is 45.0 Å². The summed E-state index contributed by atoms with van der Waals surface area (Å²) in [6.07, 6.45) is 0.994. The number of amides is 3. The van der Waals surface area contributed by atoms with Crippen LogP contribution in [-0.2, 0) is 10.2 Å². The molecule has 1 unspecified atom stereocenters. The van der Waals surface area contributed by atoms with Crippen LogP contribution in [0.25, 0.3) is 5.70 Å². The van der Waals surface area contributed by atoms with Gasteiger partial charge in [-0.2, -0.15) is 0 Å². The lowest BCUT2D eigenvalue weighted by Gasteiger charge is -2.32. The van der Waals surface area contributed by atoms with Crippen LogP contribution in [0.4, 0.5) is 11.4 Å². The third-order valence-electron chi connectivity index (χ3n) is 6.58. The third kappa shape index (κ3) is 5.70. The molecule has 5 N–H and O–H groups in total. The molecule has 0 radical (unpaired) electrons. The van der Waals surface area contributed by atoms with E-state index in [0.717, 1.165) is 22.4 Å². The molecule has 1 heterocycles. The van der Waals surface area contributed by atoms with Crippen molar-refractivity contribution < 1.29 is 14.4 Å². The van der Waals surface area contributed by atoms with Gasteiger partial charge < -0.3 is 26.6 Å². The van der Waals surface area contributed by atoms with Gasteiger partial charge in [-0.15, -0.1) is 0 Å². The molecule has 4 rings (SSSR count). The fraction of sp³-hybridized carbons (Fsp3) is 0.233. The Hall–Kier alpha value is -4.59. The molecule has 196 valence electrons. The normalized spacial score (nSPS) is 15.4. The molecule has 8 heteroatoms. The minimum absolute atomic E-state index is 0.00880. The summed E-state index contributed by atoms with van der Waals surface area (Å²) in [6, 6.07) is 19.9. The Morgan fingerprint density at radius 3 is 2.18 bits per heavy atom. The van der Waals surface area contributed by atoms with E-state index in [2.05, 4.69) is 36.7 Å². The van der Waals surface area contributed by atoms with Crippen LogP contribution in [0.2, 0.25) is 0 Å². The zero-order valence-corrected chi connectivity index (χ0v) is 22.3. The molecule has 0 bridgehead atoms. The summed E-state index contributed by atoms with van der Waals surface area (Å²) in [4.78, 5) is 38.7. The van der Waals surface area contributed by atoms with Crippen molar-refractivity contribution in [3.05, 3.63) is 101 Å². The van der Waals surface area contributed by atoms with Crippen LogP contribution in [0.5, 0.6) is 0 Å². The van der Waals surface area contributed by atoms with Crippen molar-refractivity contribution in [3.8, 4) is 0 Å². The first-order valence-electron chi connectivity index (χ1n) is 12.4. The fourth-order valence-electron chi connectivity index (χ4n) is 4.24.